The molecular formula is C14H17N3OS. The molecule has 4 bridgehead atoms. The second kappa shape index (κ2) is 3.43. The van der Waals surface area contributed by atoms with E-state index in [-0.39, 0.29) is 11.3 Å². The fraction of sp³-hybridized carbons (Fsp3) is 0.786. The average Bonchev–Trinajstić information content (AvgIpc) is 2.91. The molecule has 6 rings (SSSR count). The smallest absolute Gasteiger partial charge is 0.259 e. The predicted molar refractivity (Wildman–Crippen MR) is 71.2 cm³/mol. The van der Waals surface area contributed by atoms with Crippen LogP contribution in [0.2, 0.25) is 0 Å². The summed E-state index contributed by atoms with van der Waals surface area (Å²) < 4.78 is 1.55. The SMILES string of the molecule is O=C1CSc2nc(C34CC5CC(CC(C5)C3)C4)nn21. The zero-order valence-corrected chi connectivity index (χ0v) is 11.7. The summed E-state index contributed by atoms with van der Waals surface area (Å²) in [6.45, 7) is 0. The zero-order chi connectivity index (χ0) is 12.6. The summed E-state index contributed by atoms with van der Waals surface area (Å²) in [5.41, 5.74) is 0.215. The molecule has 0 aromatic carbocycles. The van der Waals surface area contributed by atoms with Crippen LogP contribution in [0.4, 0.5) is 0 Å². The van der Waals surface area contributed by atoms with Crippen LogP contribution in [0, 0.1) is 17.8 Å². The highest BCUT2D eigenvalue weighted by molar-refractivity contribution is 8.00. The number of aromatic nitrogens is 3. The molecule has 0 radical (unpaired) electrons. The predicted octanol–water partition coefficient (Wildman–Crippen LogP) is 2.49. The maximum atomic E-state index is 11.7. The Hall–Kier alpha value is -0.840. The fourth-order valence-corrected chi connectivity index (χ4v) is 6.14. The van der Waals surface area contributed by atoms with Crippen molar-refractivity contribution in [2.45, 2.75) is 49.1 Å². The van der Waals surface area contributed by atoms with E-state index in [1.54, 1.807) is 16.4 Å². The van der Waals surface area contributed by atoms with Gasteiger partial charge in [-0.05, 0) is 56.3 Å². The number of rotatable bonds is 1. The first-order chi connectivity index (χ1) is 9.22. The van der Waals surface area contributed by atoms with Crippen molar-refractivity contribution >= 4 is 17.7 Å². The number of carbonyl (C=O) groups excluding carboxylic acids is 1. The van der Waals surface area contributed by atoms with Crippen molar-refractivity contribution in [3.63, 3.8) is 0 Å². The lowest BCUT2D eigenvalue weighted by molar-refractivity contribution is -0.00944. The van der Waals surface area contributed by atoms with Gasteiger partial charge in [-0.1, -0.05) is 11.8 Å². The van der Waals surface area contributed by atoms with Gasteiger partial charge in [0.15, 0.2) is 11.0 Å². The largest absolute Gasteiger partial charge is 0.271 e. The van der Waals surface area contributed by atoms with E-state index in [2.05, 4.69) is 5.10 Å². The van der Waals surface area contributed by atoms with Gasteiger partial charge in [-0.25, -0.2) is 4.98 Å². The molecule has 0 saturated heterocycles. The first-order valence-corrected chi connectivity index (χ1v) is 8.34. The molecule has 100 valence electrons. The topological polar surface area (TPSA) is 47.8 Å². The maximum Gasteiger partial charge on any atom is 0.259 e. The maximum absolute atomic E-state index is 11.7. The molecule has 1 aromatic heterocycles. The van der Waals surface area contributed by atoms with Crippen LogP contribution < -0.4 is 0 Å². The van der Waals surface area contributed by atoms with Crippen molar-refractivity contribution in [1.82, 2.24) is 14.8 Å². The summed E-state index contributed by atoms with van der Waals surface area (Å²) in [6.07, 6.45) is 8.09. The zero-order valence-electron chi connectivity index (χ0n) is 10.8. The highest BCUT2D eigenvalue weighted by Gasteiger charge is 2.54. The molecule has 19 heavy (non-hydrogen) atoms. The van der Waals surface area contributed by atoms with Gasteiger partial charge >= 0.3 is 0 Å². The second-order valence-electron chi connectivity index (χ2n) is 7.01. The molecule has 4 fully saturated rings. The van der Waals surface area contributed by atoms with Gasteiger partial charge < -0.3 is 0 Å². The third-order valence-corrected chi connectivity index (χ3v) is 6.56. The Bertz CT molecular complexity index is 544. The molecule has 0 N–H and O–H groups in total. The van der Waals surface area contributed by atoms with E-state index in [9.17, 15) is 4.79 Å². The monoisotopic (exact) mass is 275 g/mol. The Morgan fingerprint density at radius 2 is 1.74 bits per heavy atom. The number of hydrogen-bond acceptors (Lipinski definition) is 4. The van der Waals surface area contributed by atoms with Gasteiger partial charge in [0.25, 0.3) is 5.91 Å². The van der Waals surface area contributed by atoms with Crippen LogP contribution in [0.25, 0.3) is 0 Å². The van der Waals surface area contributed by atoms with E-state index in [0.717, 1.165) is 28.7 Å². The van der Waals surface area contributed by atoms with Crippen molar-refractivity contribution in [2.24, 2.45) is 17.8 Å². The van der Waals surface area contributed by atoms with E-state index in [0.29, 0.717) is 5.75 Å². The van der Waals surface area contributed by atoms with E-state index >= 15 is 0 Å². The van der Waals surface area contributed by atoms with Crippen molar-refractivity contribution in [3.8, 4) is 0 Å². The first kappa shape index (κ1) is 10.9. The van der Waals surface area contributed by atoms with Crippen molar-refractivity contribution in [1.29, 1.82) is 0 Å². The fourth-order valence-electron chi connectivity index (χ4n) is 5.35. The van der Waals surface area contributed by atoms with E-state index < -0.39 is 0 Å². The summed E-state index contributed by atoms with van der Waals surface area (Å²) in [7, 11) is 0. The van der Waals surface area contributed by atoms with Gasteiger partial charge in [-0.3, -0.25) is 4.79 Å². The second-order valence-corrected chi connectivity index (χ2v) is 7.95. The molecule has 4 nitrogen and oxygen atoms in total. The molecule has 1 aliphatic heterocycles. The van der Waals surface area contributed by atoms with Crippen LogP contribution in [-0.4, -0.2) is 26.4 Å². The summed E-state index contributed by atoms with van der Waals surface area (Å²) in [4.78, 5) is 16.5. The lowest BCUT2D eigenvalue weighted by Gasteiger charge is -2.55. The number of fused-ring (bicyclic) bond motifs is 1. The third-order valence-electron chi connectivity index (χ3n) is 5.65. The summed E-state index contributed by atoms with van der Waals surface area (Å²) in [6, 6.07) is 0. The number of hydrogen-bond donors (Lipinski definition) is 0. The van der Waals surface area contributed by atoms with E-state index in [1.165, 1.54) is 38.5 Å². The molecule has 4 aliphatic carbocycles. The van der Waals surface area contributed by atoms with Gasteiger partial charge in [-0.2, -0.15) is 4.68 Å². The highest BCUT2D eigenvalue weighted by atomic mass is 32.2. The minimum absolute atomic E-state index is 0.100. The molecule has 0 unspecified atom stereocenters. The van der Waals surface area contributed by atoms with Crippen LogP contribution in [-0.2, 0) is 5.41 Å². The van der Waals surface area contributed by atoms with E-state index in [1.807, 2.05) is 0 Å². The van der Waals surface area contributed by atoms with Crippen LogP contribution in [0.15, 0.2) is 5.16 Å². The molecule has 0 spiro atoms. The third kappa shape index (κ3) is 1.40. The summed E-state index contributed by atoms with van der Waals surface area (Å²) in [5.74, 6) is 4.29. The van der Waals surface area contributed by atoms with Crippen LogP contribution >= 0.6 is 11.8 Å². The molecule has 5 aliphatic rings. The van der Waals surface area contributed by atoms with Gasteiger partial charge in [0.2, 0.25) is 0 Å². The van der Waals surface area contributed by atoms with Gasteiger partial charge in [-0.15, -0.1) is 5.10 Å². The van der Waals surface area contributed by atoms with E-state index in [4.69, 9.17) is 4.98 Å². The van der Waals surface area contributed by atoms with Gasteiger partial charge in [0, 0.05) is 5.41 Å². The highest BCUT2D eigenvalue weighted by Crippen LogP contribution is 2.60. The Balaban J connectivity index is 1.59. The molecular weight excluding hydrogens is 258 g/mol. The molecule has 2 heterocycles. The average molecular weight is 275 g/mol. The number of thioether (sulfide) groups is 1. The summed E-state index contributed by atoms with van der Waals surface area (Å²) >= 11 is 1.54. The lowest BCUT2D eigenvalue weighted by atomic mass is 9.49. The minimum atomic E-state index is 0.100. The van der Waals surface area contributed by atoms with Crippen LogP contribution in [0.3, 0.4) is 0 Å². The van der Waals surface area contributed by atoms with Crippen LogP contribution in [0.1, 0.15) is 49.1 Å². The first-order valence-electron chi connectivity index (χ1n) is 7.35. The van der Waals surface area contributed by atoms with Crippen molar-refractivity contribution < 1.29 is 4.79 Å². The van der Waals surface area contributed by atoms with Gasteiger partial charge in [0.1, 0.15) is 0 Å². The lowest BCUT2D eigenvalue weighted by Crippen LogP contribution is -2.49. The Labute approximate surface area is 116 Å². The molecule has 0 amide bonds. The van der Waals surface area contributed by atoms with Gasteiger partial charge in [0.05, 0.1) is 5.75 Å². The van der Waals surface area contributed by atoms with Crippen molar-refractivity contribution in [3.05, 3.63) is 5.82 Å². The Kier molecular flexibility index (Phi) is 1.96. The Morgan fingerprint density at radius 1 is 1.11 bits per heavy atom. The van der Waals surface area contributed by atoms with Crippen LogP contribution in [0.5, 0.6) is 0 Å². The quantitative estimate of drug-likeness (QED) is 0.790. The molecule has 4 saturated carbocycles. The van der Waals surface area contributed by atoms with Crippen molar-refractivity contribution in [2.75, 3.05) is 5.75 Å². The summed E-state index contributed by atoms with van der Waals surface area (Å²) in [5, 5.41) is 5.43. The number of nitrogens with zero attached hydrogens (tertiary/aromatic N) is 3. The standard InChI is InChI=1S/C14H17N3OS/c18-11-7-19-13-15-12(16-17(11)13)14-4-8-1-9(5-14)3-10(2-8)6-14/h8-10H,1-7H2. The molecule has 1 aromatic rings. The minimum Gasteiger partial charge on any atom is -0.271 e. The molecule has 5 heteroatoms. The Morgan fingerprint density at radius 3 is 2.32 bits per heavy atom. The molecule has 0 atom stereocenters. The number of carbonyl (C=O) groups is 1. The normalized spacial score (nSPS) is 42.9.